The number of guanidine groups is 1. The summed E-state index contributed by atoms with van der Waals surface area (Å²) < 4.78 is 4.68. The molecule has 0 unspecified atom stereocenters. The van der Waals surface area contributed by atoms with Gasteiger partial charge in [-0.1, -0.05) is 0 Å². The molecule has 0 aromatic heterocycles. The summed E-state index contributed by atoms with van der Waals surface area (Å²) in [6, 6.07) is 4.73. The molecule has 2 saturated heterocycles. The van der Waals surface area contributed by atoms with Crippen molar-refractivity contribution < 1.29 is 23.9 Å². The maximum Gasteiger partial charge on any atom is 0.337 e. The topological polar surface area (TPSA) is 146 Å². The van der Waals surface area contributed by atoms with Gasteiger partial charge in [-0.15, -0.1) is 0 Å². The predicted molar refractivity (Wildman–Crippen MR) is 122 cm³/mol. The van der Waals surface area contributed by atoms with Crippen molar-refractivity contribution in [1.82, 2.24) is 15.1 Å². The number of nitrogens with one attached hydrogen (secondary N) is 2. The molecule has 2 heterocycles. The number of primary amides is 1. The van der Waals surface area contributed by atoms with Gasteiger partial charge in [-0.3, -0.25) is 14.9 Å². The first-order valence-electron chi connectivity index (χ1n) is 11.0. The van der Waals surface area contributed by atoms with E-state index < -0.39 is 18.0 Å². The number of carbonyl (C=O) groups is 4. The SMILES string of the molecule is COC(=O)c1ccc(NC(=N[C@H]2CCCCN(CC(=O)N3CCCC3)C2=O)NC(N)=O)cc1. The molecular formula is C22H30N6O5. The van der Waals surface area contributed by atoms with Crippen LogP contribution in [-0.4, -0.2) is 78.9 Å². The molecule has 1 aromatic rings. The van der Waals surface area contributed by atoms with Crippen LogP contribution in [0.15, 0.2) is 29.3 Å². The van der Waals surface area contributed by atoms with Crippen LogP contribution in [0.4, 0.5) is 10.5 Å². The van der Waals surface area contributed by atoms with Crippen molar-refractivity contribution in [1.29, 1.82) is 0 Å². The molecule has 4 N–H and O–H groups in total. The van der Waals surface area contributed by atoms with Crippen LogP contribution in [0.2, 0.25) is 0 Å². The number of ether oxygens (including phenoxy) is 1. The molecule has 1 atom stereocenters. The number of hydrogen-bond donors (Lipinski definition) is 3. The monoisotopic (exact) mass is 458 g/mol. The number of nitrogens with two attached hydrogens (primary N) is 1. The van der Waals surface area contributed by atoms with Crippen molar-refractivity contribution in [3.05, 3.63) is 29.8 Å². The summed E-state index contributed by atoms with van der Waals surface area (Å²) in [7, 11) is 1.29. The summed E-state index contributed by atoms with van der Waals surface area (Å²) in [5.41, 5.74) is 6.17. The van der Waals surface area contributed by atoms with E-state index >= 15 is 0 Å². The molecule has 2 fully saturated rings. The van der Waals surface area contributed by atoms with E-state index in [0.717, 1.165) is 38.8 Å². The molecule has 0 spiro atoms. The van der Waals surface area contributed by atoms with Gasteiger partial charge in [-0.25, -0.2) is 14.6 Å². The molecule has 11 nitrogen and oxygen atoms in total. The Morgan fingerprint density at radius 3 is 2.39 bits per heavy atom. The average Bonchev–Trinajstić information content (AvgIpc) is 3.29. The first-order chi connectivity index (χ1) is 15.9. The standard InChI is InChI=1S/C22H30N6O5/c1-33-20(31)15-7-9-16(10-8-15)24-22(26-21(23)32)25-17-6-2-3-13-28(19(17)30)14-18(29)27-11-4-5-12-27/h7-10,17H,2-6,11-14H2,1H3,(H4,23,24,25,26,32)/t17-/m0/s1. The number of urea groups is 1. The van der Waals surface area contributed by atoms with Gasteiger partial charge in [0, 0.05) is 25.3 Å². The number of anilines is 1. The maximum atomic E-state index is 13.1. The third-order valence-corrected chi connectivity index (χ3v) is 5.63. The summed E-state index contributed by atoms with van der Waals surface area (Å²) in [4.78, 5) is 56.6. The second-order valence-electron chi connectivity index (χ2n) is 8.02. The Morgan fingerprint density at radius 2 is 1.76 bits per heavy atom. The molecule has 0 saturated carbocycles. The Morgan fingerprint density at radius 1 is 1.09 bits per heavy atom. The molecule has 33 heavy (non-hydrogen) atoms. The summed E-state index contributed by atoms with van der Waals surface area (Å²) in [6.45, 7) is 1.99. The number of rotatable bonds is 5. The largest absolute Gasteiger partial charge is 0.465 e. The number of aliphatic imine (C=N–C) groups is 1. The number of likely N-dealkylation sites (tertiary alicyclic amines) is 2. The van der Waals surface area contributed by atoms with Crippen LogP contribution in [0.3, 0.4) is 0 Å². The zero-order valence-electron chi connectivity index (χ0n) is 18.7. The molecule has 11 heteroatoms. The highest BCUT2D eigenvalue weighted by molar-refractivity contribution is 6.04. The fourth-order valence-electron chi connectivity index (χ4n) is 3.90. The lowest BCUT2D eigenvalue weighted by atomic mass is 10.1. The molecule has 0 bridgehead atoms. The van der Waals surface area contributed by atoms with Crippen molar-refractivity contribution >= 4 is 35.5 Å². The highest BCUT2D eigenvalue weighted by Crippen LogP contribution is 2.17. The fourth-order valence-corrected chi connectivity index (χ4v) is 3.90. The summed E-state index contributed by atoms with van der Waals surface area (Å²) in [5, 5.41) is 5.33. The first kappa shape index (κ1) is 24.0. The van der Waals surface area contributed by atoms with Crippen molar-refractivity contribution in [3.8, 4) is 0 Å². The lowest BCUT2D eigenvalue weighted by molar-refractivity contribution is -0.140. The van der Waals surface area contributed by atoms with Crippen LogP contribution in [-0.2, 0) is 14.3 Å². The van der Waals surface area contributed by atoms with Gasteiger partial charge in [0.15, 0.2) is 0 Å². The zero-order chi connectivity index (χ0) is 23.8. The minimum atomic E-state index is -0.838. The van der Waals surface area contributed by atoms with E-state index in [0.29, 0.717) is 24.2 Å². The summed E-state index contributed by atoms with van der Waals surface area (Å²) in [6.07, 6.45) is 3.99. The van der Waals surface area contributed by atoms with E-state index in [1.807, 2.05) is 0 Å². The van der Waals surface area contributed by atoms with Crippen LogP contribution >= 0.6 is 0 Å². The third kappa shape index (κ3) is 6.67. The van der Waals surface area contributed by atoms with Gasteiger partial charge in [0.1, 0.15) is 6.04 Å². The number of hydrogen-bond acceptors (Lipinski definition) is 6. The third-order valence-electron chi connectivity index (χ3n) is 5.63. The lowest BCUT2D eigenvalue weighted by Gasteiger charge is -2.25. The number of esters is 1. The van der Waals surface area contributed by atoms with Crippen LogP contribution in [0.5, 0.6) is 0 Å². The number of benzene rings is 1. The van der Waals surface area contributed by atoms with E-state index in [1.165, 1.54) is 7.11 Å². The first-order valence-corrected chi connectivity index (χ1v) is 11.0. The molecule has 2 aliphatic heterocycles. The zero-order valence-corrected chi connectivity index (χ0v) is 18.7. The van der Waals surface area contributed by atoms with Crippen molar-refractivity contribution in [2.75, 3.05) is 38.6 Å². The Kier molecular flexibility index (Phi) is 8.22. The highest BCUT2D eigenvalue weighted by atomic mass is 16.5. The van der Waals surface area contributed by atoms with Gasteiger partial charge < -0.3 is 25.6 Å². The quantitative estimate of drug-likeness (QED) is 0.340. The van der Waals surface area contributed by atoms with Gasteiger partial charge >= 0.3 is 12.0 Å². The van der Waals surface area contributed by atoms with Crippen LogP contribution < -0.4 is 16.4 Å². The molecule has 178 valence electrons. The molecule has 2 aliphatic rings. The van der Waals surface area contributed by atoms with Crippen LogP contribution in [0, 0.1) is 0 Å². The lowest BCUT2D eigenvalue weighted by Crippen LogP contribution is -2.46. The second-order valence-corrected chi connectivity index (χ2v) is 8.02. The van der Waals surface area contributed by atoms with Gasteiger partial charge in [0.05, 0.1) is 19.2 Å². The van der Waals surface area contributed by atoms with Gasteiger partial charge in [0.25, 0.3) is 0 Å². The average molecular weight is 459 g/mol. The Balaban J connectivity index is 1.74. The Bertz CT molecular complexity index is 910. The highest BCUT2D eigenvalue weighted by Gasteiger charge is 2.30. The van der Waals surface area contributed by atoms with Gasteiger partial charge in [-0.05, 0) is 56.4 Å². The normalized spacial score (nSPS) is 19.1. The fraction of sp³-hybridized carbons (Fsp3) is 0.500. The van der Waals surface area contributed by atoms with E-state index in [-0.39, 0.29) is 24.3 Å². The molecule has 0 radical (unpaired) electrons. The van der Waals surface area contributed by atoms with Crippen LogP contribution in [0.25, 0.3) is 0 Å². The molecule has 3 rings (SSSR count). The van der Waals surface area contributed by atoms with E-state index in [1.54, 1.807) is 34.1 Å². The maximum absolute atomic E-state index is 13.1. The molecule has 0 aliphatic carbocycles. The van der Waals surface area contributed by atoms with Crippen LogP contribution in [0.1, 0.15) is 42.5 Å². The van der Waals surface area contributed by atoms with E-state index in [9.17, 15) is 19.2 Å². The number of amides is 4. The second kappa shape index (κ2) is 11.3. The van der Waals surface area contributed by atoms with Gasteiger partial charge in [0.2, 0.25) is 17.8 Å². The molecular weight excluding hydrogens is 428 g/mol. The number of carbonyl (C=O) groups excluding carboxylic acids is 4. The summed E-state index contributed by atoms with van der Waals surface area (Å²) >= 11 is 0. The summed E-state index contributed by atoms with van der Waals surface area (Å²) in [5.74, 6) is -0.769. The smallest absolute Gasteiger partial charge is 0.337 e. The minimum Gasteiger partial charge on any atom is -0.465 e. The minimum absolute atomic E-state index is 0.0133. The van der Waals surface area contributed by atoms with Crippen molar-refractivity contribution in [2.45, 2.75) is 38.1 Å². The van der Waals surface area contributed by atoms with Gasteiger partial charge in [-0.2, -0.15) is 0 Å². The number of nitrogens with zero attached hydrogens (tertiary/aromatic N) is 3. The molecule has 1 aromatic carbocycles. The van der Waals surface area contributed by atoms with E-state index in [4.69, 9.17) is 5.73 Å². The molecule has 4 amide bonds. The van der Waals surface area contributed by atoms with Crippen molar-refractivity contribution in [3.63, 3.8) is 0 Å². The Hall–Kier alpha value is -3.63. The van der Waals surface area contributed by atoms with Crippen molar-refractivity contribution in [2.24, 2.45) is 10.7 Å². The number of methoxy groups -OCH3 is 1. The van der Waals surface area contributed by atoms with E-state index in [2.05, 4.69) is 20.4 Å². The predicted octanol–water partition coefficient (Wildman–Crippen LogP) is 0.913. The Labute approximate surface area is 192 Å².